The minimum Gasteiger partial charge on any atom is -0.462 e. The Morgan fingerprint density at radius 1 is 0.296 bits per heavy atom. The fourth-order valence-corrected chi connectivity index (χ4v) is 7.87. The van der Waals surface area contributed by atoms with E-state index in [1.54, 1.807) is 0 Å². The predicted octanol–water partition coefficient (Wildman–Crippen LogP) is 19.9. The number of carbonyl (C=O) groups excluding carboxylic acids is 3. The second-order valence-corrected chi connectivity index (χ2v) is 19.2. The Bertz CT molecular complexity index is 1460. The van der Waals surface area contributed by atoms with Gasteiger partial charge in [0, 0.05) is 19.3 Å². The van der Waals surface area contributed by atoms with Gasteiger partial charge >= 0.3 is 17.9 Å². The van der Waals surface area contributed by atoms with Crippen LogP contribution in [0.15, 0.2) is 109 Å². The van der Waals surface area contributed by atoms with E-state index in [1.165, 1.54) is 122 Å². The maximum atomic E-state index is 12.8. The van der Waals surface area contributed by atoms with Gasteiger partial charge in [-0.05, 0) is 103 Å². The highest BCUT2D eigenvalue weighted by Gasteiger charge is 2.19. The number of carbonyl (C=O) groups is 3. The topological polar surface area (TPSA) is 78.9 Å². The Labute approximate surface area is 438 Å². The molecule has 71 heavy (non-hydrogen) atoms. The summed E-state index contributed by atoms with van der Waals surface area (Å²) in [5.74, 6) is -0.967. The number of rotatable bonds is 52. The monoisotopic (exact) mass is 985 g/mol. The van der Waals surface area contributed by atoms with Crippen LogP contribution in [0.5, 0.6) is 0 Å². The van der Waals surface area contributed by atoms with Crippen molar-refractivity contribution in [2.45, 2.75) is 271 Å². The lowest BCUT2D eigenvalue weighted by Crippen LogP contribution is -2.30. The summed E-state index contributed by atoms with van der Waals surface area (Å²) in [7, 11) is 0. The first-order valence-corrected chi connectivity index (χ1v) is 29.4. The Kier molecular flexibility index (Phi) is 55.4. The van der Waals surface area contributed by atoms with E-state index >= 15 is 0 Å². The highest BCUT2D eigenvalue weighted by molar-refractivity contribution is 5.71. The first-order chi connectivity index (χ1) is 35.0. The molecule has 1 unspecified atom stereocenters. The molecular weight excluding hydrogens is 877 g/mol. The SMILES string of the molecule is CC/C=C\C/C=C\C/C=C\C/C=C\C/C=C\C/C=C\C/C=C\CCCC(=O)OCC(COC(=O)CCCCCCCCC)OC(=O)CCCCCCCCCCCCC/C=C\C/C=C\CCCCCCC. The summed E-state index contributed by atoms with van der Waals surface area (Å²) >= 11 is 0. The van der Waals surface area contributed by atoms with Crippen LogP contribution in [0.1, 0.15) is 265 Å². The predicted molar refractivity (Wildman–Crippen MR) is 307 cm³/mol. The van der Waals surface area contributed by atoms with Gasteiger partial charge in [0.1, 0.15) is 13.2 Å². The molecule has 0 aliphatic carbocycles. The fourth-order valence-electron chi connectivity index (χ4n) is 7.87. The van der Waals surface area contributed by atoms with Crippen LogP contribution in [0.4, 0.5) is 0 Å². The van der Waals surface area contributed by atoms with Gasteiger partial charge in [-0.25, -0.2) is 0 Å². The number of ether oxygens (including phenoxy) is 3. The Hall–Kier alpha value is -3.93. The quantitative estimate of drug-likeness (QED) is 0.0261. The van der Waals surface area contributed by atoms with Crippen LogP contribution in [-0.4, -0.2) is 37.2 Å². The van der Waals surface area contributed by atoms with Gasteiger partial charge in [0.2, 0.25) is 0 Å². The second-order valence-electron chi connectivity index (χ2n) is 19.2. The van der Waals surface area contributed by atoms with Crippen LogP contribution in [0.3, 0.4) is 0 Å². The van der Waals surface area contributed by atoms with E-state index in [1.807, 2.05) is 0 Å². The van der Waals surface area contributed by atoms with Gasteiger partial charge in [-0.2, -0.15) is 0 Å². The maximum absolute atomic E-state index is 12.8. The van der Waals surface area contributed by atoms with Crippen molar-refractivity contribution in [2.24, 2.45) is 0 Å². The van der Waals surface area contributed by atoms with E-state index in [0.29, 0.717) is 19.3 Å². The van der Waals surface area contributed by atoms with Gasteiger partial charge in [-0.3, -0.25) is 14.4 Å². The molecule has 0 bridgehead atoms. The van der Waals surface area contributed by atoms with Crippen LogP contribution in [0.25, 0.3) is 0 Å². The average Bonchev–Trinajstić information content (AvgIpc) is 3.37. The van der Waals surface area contributed by atoms with Gasteiger partial charge in [-0.15, -0.1) is 0 Å². The summed E-state index contributed by atoms with van der Waals surface area (Å²) in [4.78, 5) is 38.0. The van der Waals surface area contributed by atoms with E-state index in [2.05, 4.69) is 130 Å². The Balaban J connectivity index is 4.30. The van der Waals surface area contributed by atoms with Crippen molar-refractivity contribution < 1.29 is 28.6 Å². The van der Waals surface area contributed by atoms with Crippen LogP contribution >= 0.6 is 0 Å². The molecule has 6 nitrogen and oxygen atoms in total. The van der Waals surface area contributed by atoms with Crippen molar-refractivity contribution >= 4 is 17.9 Å². The molecule has 0 aromatic rings. The molecule has 0 aromatic heterocycles. The first-order valence-electron chi connectivity index (χ1n) is 29.4. The molecular formula is C65H108O6. The minimum atomic E-state index is -0.802. The van der Waals surface area contributed by atoms with E-state index in [4.69, 9.17) is 14.2 Å². The van der Waals surface area contributed by atoms with E-state index in [9.17, 15) is 14.4 Å². The summed E-state index contributed by atoms with van der Waals surface area (Å²) in [6.45, 7) is 6.43. The summed E-state index contributed by atoms with van der Waals surface area (Å²) in [5, 5.41) is 0. The molecule has 0 aliphatic rings. The molecule has 0 spiro atoms. The molecule has 404 valence electrons. The summed E-state index contributed by atoms with van der Waals surface area (Å²) < 4.78 is 16.7. The third kappa shape index (κ3) is 56.9. The second kappa shape index (κ2) is 58.6. The summed E-state index contributed by atoms with van der Waals surface area (Å²) in [5.41, 5.74) is 0. The lowest BCUT2D eigenvalue weighted by molar-refractivity contribution is -0.167. The minimum absolute atomic E-state index is 0.0973. The Morgan fingerprint density at radius 3 is 0.915 bits per heavy atom. The van der Waals surface area contributed by atoms with Gasteiger partial charge < -0.3 is 14.2 Å². The molecule has 0 amide bonds. The lowest BCUT2D eigenvalue weighted by atomic mass is 10.0. The highest BCUT2D eigenvalue weighted by Crippen LogP contribution is 2.15. The molecule has 0 N–H and O–H groups in total. The number of hydrogen-bond acceptors (Lipinski definition) is 6. The number of hydrogen-bond donors (Lipinski definition) is 0. The molecule has 1 atom stereocenters. The molecule has 0 aliphatic heterocycles. The van der Waals surface area contributed by atoms with Crippen molar-refractivity contribution in [3.8, 4) is 0 Å². The largest absolute Gasteiger partial charge is 0.462 e. The number of unbranched alkanes of at least 4 members (excludes halogenated alkanes) is 23. The zero-order valence-corrected chi connectivity index (χ0v) is 46.2. The van der Waals surface area contributed by atoms with Crippen molar-refractivity contribution in [2.75, 3.05) is 13.2 Å². The van der Waals surface area contributed by atoms with Crippen LogP contribution in [0, 0.1) is 0 Å². The fraction of sp³-hybridized carbons (Fsp3) is 0.677. The average molecular weight is 986 g/mol. The van der Waals surface area contributed by atoms with Gasteiger partial charge in [0.15, 0.2) is 6.10 Å². The molecule has 0 rings (SSSR count). The zero-order valence-electron chi connectivity index (χ0n) is 46.2. The molecule has 0 saturated carbocycles. The number of allylic oxidation sites excluding steroid dienone is 18. The van der Waals surface area contributed by atoms with Crippen LogP contribution in [0.2, 0.25) is 0 Å². The first kappa shape index (κ1) is 67.1. The van der Waals surface area contributed by atoms with Gasteiger partial charge in [0.05, 0.1) is 0 Å². The summed E-state index contributed by atoms with van der Waals surface area (Å²) in [6.07, 6.45) is 79.7. The third-order valence-electron chi connectivity index (χ3n) is 12.3. The standard InChI is InChI=1S/C65H108O6/c1-4-7-10-13-16-18-20-22-24-26-28-30-32-34-36-38-40-42-44-46-49-52-55-58-64(67)70-61-62(60-69-63(66)57-54-51-48-15-12-9-6-3)71-65(68)59-56-53-50-47-45-43-41-39-37-35-33-31-29-27-25-23-21-19-17-14-11-8-5-2/h7,10,16,18,21-24,27-30,34,36,40,42,46,49,62H,4-6,8-9,11-15,17,19-20,25-26,31-33,35,37-39,41,43-45,47-48,50-61H2,1-3H3/b10-7-,18-16-,23-21-,24-22-,29-27-,30-28-,36-34-,42-40-,49-46-. The van der Waals surface area contributed by atoms with Crippen molar-refractivity contribution in [3.63, 3.8) is 0 Å². The van der Waals surface area contributed by atoms with Crippen molar-refractivity contribution in [1.29, 1.82) is 0 Å². The van der Waals surface area contributed by atoms with Crippen molar-refractivity contribution in [1.82, 2.24) is 0 Å². The maximum Gasteiger partial charge on any atom is 0.306 e. The molecule has 0 saturated heterocycles. The molecule has 0 fully saturated rings. The van der Waals surface area contributed by atoms with E-state index in [0.717, 1.165) is 96.3 Å². The smallest absolute Gasteiger partial charge is 0.306 e. The third-order valence-corrected chi connectivity index (χ3v) is 12.3. The number of esters is 3. The van der Waals surface area contributed by atoms with E-state index in [-0.39, 0.29) is 37.5 Å². The van der Waals surface area contributed by atoms with Crippen LogP contribution in [-0.2, 0) is 28.6 Å². The van der Waals surface area contributed by atoms with E-state index < -0.39 is 6.10 Å². The summed E-state index contributed by atoms with van der Waals surface area (Å²) in [6, 6.07) is 0. The van der Waals surface area contributed by atoms with Crippen molar-refractivity contribution in [3.05, 3.63) is 109 Å². The molecule has 6 heteroatoms. The normalized spacial score (nSPS) is 12.9. The Morgan fingerprint density at radius 2 is 0.563 bits per heavy atom. The van der Waals surface area contributed by atoms with Crippen LogP contribution < -0.4 is 0 Å². The molecule has 0 heterocycles. The zero-order chi connectivity index (χ0) is 51.4. The van der Waals surface area contributed by atoms with Gasteiger partial charge in [-0.1, -0.05) is 252 Å². The highest BCUT2D eigenvalue weighted by atomic mass is 16.6. The lowest BCUT2D eigenvalue weighted by Gasteiger charge is -2.18. The van der Waals surface area contributed by atoms with Gasteiger partial charge in [0.25, 0.3) is 0 Å². The molecule has 0 radical (unpaired) electrons. The molecule has 0 aromatic carbocycles.